The predicted molar refractivity (Wildman–Crippen MR) is 98.8 cm³/mol. The molecule has 2 aliphatic heterocycles. The largest absolute Gasteiger partial charge is 0.388 e. The van der Waals surface area contributed by atoms with Gasteiger partial charge in [-0.3, -0.25) is 4.98 Å². The summed E-state index contributed by atoms with van der Waals surface area (Å²) in [6.45, 7) is 4.32. The van der Waals surface area contributed by atoms with Crippen LogP contribution in [0.5, 0.6) is 0 Å². The summed E-state index contributed by atoms with van der Waals surface area (Å²) in [5.41, 5.74) is 0.540. The Balaban J connectivity index is 1.49. The van der Waals surface area contributed by atoms with Gasteiger partial charge in [0.15, 0.2) is 0 Å². The van der Waals surface area contributed by atoms with Gasteiger partial charge in [-0.2, -0.15) is 0 Å². The summed E-state index contributed by atoms with van der Waals surface area (Å²) in [5.74, 6) is 1.56. The van der Waals surface area contributed by atoms with Gasteiger partial charge in [-0.15, -0.1) is 0 Å². The second-order valence-electron chi connectivity index (χ2n) is 7.87. The normalized spacial score (nSPS) is 24.7. The molecule has 0 aliphatic carbocycles. The van der Waals surface area contributed by atoms with Crippen molar-refractivity contribution in [2.24, 2.45) is 5.92 Å². The minimum Gasteiger partial charge on any atom is -0.388 e. The number of hydrogen-bond donors (Lipinski definition) is 1. The average molecular weight is 348 g/mol. The number of hydrogen-bond acceptors (Lipinski definition) is 6. The van der Waals surface area contributed by atoms with Crippen LogP contribution in [0.4, 0.5) is 5.82 Å². The molecule has 25 heavy (non-hydrogen) atoms. The number of likely N-dealkylation sites (tertiary alicyclic amines) is 1. The zero-order valence-electron chi connectivity index (χ0n) is 15.7. The molecule has 1 aromatic heterocycles. The zero-order chi connectivity index (χ0) is 17.7. The van der Waals surface area contributed by atoms with Crippen LogP contribution in [0.15, 0.2) is 12.4 Å². The molecule has 140 valence electrons. The Labute approximate surface area is 151 Å². The highest BCUT2D eigenvalue weighted by Crippen LogP contribution is 2.26. The standard InChI is InChI=1S/C19H32N4O2/c1-22(2)18-14-20-17(13-21-18)12-16-4-3-8-23(9-5-16)15-19(24)6-10-25-11-7-19/h13-14,16,24H,3-12,15H2,1-2H3. The van der Waals surface area contributed by atoms with E-state index >= 15 is 0 Å². The number of nitrogens with zero attached hydrogens (tertiary/aromatic N) is 4. The lowest BCUT2D eigenvalue weighted by Gasteiger charge is -2.36. The summed E-state index contributed by atoms with van der Waals surface area (Å²) in [6.07, 6.45) is 9.91. The van der Waals surface area contributed by atoms with E-state index in [1.54, 1.807) is 0 Å². The third-order valence-corrected chi connectivity index (χ3v) is 5.53. The van der Waals surface area contributed by atoms with E-state index in [4.69, 9.17) is 4.74 Å². The highest BCUT2D eigenvalue weighted by atomic mass is 16.5. The third-order valence-electron chi connectivity index (χ3n) is 5.53. The Hall–Kier alpha value is -1.24. The Morgan fingerprint density at radius 1 is 1.20 bits per heavy atom. The molecule has 0 aromatic carbocycles. The number of aliphatic hydroxyl groups is 1. The average Bonchev–Trinajstić information content (AvgIpc) is 2.81. The molecule has 1 N–H and O–H groups in total. The van der Waals surface area contributed by atoms with Crippen molar-refractivity contribution in [3.63, 3.8) is 0 Å². The maximum atomic E-state index is 10.7. The van der Waals surface area contributed by atoms with Gasteiger partial charge in [-0.25, -0.2) is 4.98 Å². The summed E-state index contributed by atoms with van der Waals surface area (Å²) in [6, 6.07) is 0. The Morgan fingerprint density at radius 3 is 2.68 bits per heavy atom. The first-order valence-electron chi connectivity index (χ1n) is 9.55. The molecule has 0 spiro atoms. The van der Waals surface area contributed by atoms with Crippen LogP contribution in [0, 0.1) is 5.92 Å². The Bertz CT molecular complexity index is 529. The molecule has 3 rings (SSSR count). The molecule has 1 unspecified atom stereocenters. The smallest absolute Gasteiger partial charge is 0.146 e. The predicted octanol–water partition coefficient (Wildman–Crippen LogP) is 1.73. The zero-order valence-corrected chi connectivity index (χ0v) is 15.7. The maximum Gasteiger partial charge on any atom is 0.146 e. The van der Waals surface area contributed by atoms with Crippen LogP contribution in [0.25, 0.3) is 0 Å². The van der Waals surface area contributed by atoms with E-state index in [0.29, 0.717) is 19.1 Å². The molecule has 2 fully saturated rings. The van der Waals surface area contributed by atoms with E-state index in [-0.39, 0.29) is 0 Å². The van der Waals surface area contributed by atoms with Crippen molar-refractivity contribution in [2.75, 3.05) is 51.8 Å². The van der Waals surface area contributed by atoms with Crippen LogP contribution in [0.3, 0.4) is 0 Å². The van der Waals surface area contributed by atoms with Crippen molar-refractivity contribution in [3.8, 4) is 0 Å². The maximum absolute atomic E-state index is 10.7. The number of ether oxygens (including phenoxy) is 1. The molecule has 0 bridgehead atoms. The fourth-order valence-corrected chi connectivity index (χ4v) is 3.89. The third kappa shape index (κ3) is 5.36. The van der Waals surface area contributed by atoms with Gasteiger partial charge in [-0.1, -0.05) is 0 Å². The van der Waals surface area contributed by atoms with Crippen LogP contribution >= 0.6 is 0 Å². The van der Waals surface area contributed by atoms with Crippen molar-refractivity contribution in [1.82, 2.24) is 14.9 Å². The lowest BCUT2D eigenvalue weighted by atomic mass is 9.93. The molecule has 3 heterocycles. The number of rotatable bonds is 5. The highest BCUT2D eigenvalue weighted by molar-refractivity contribution is 5.32. The molecule has 2 saturated heterocycles. The van der Waals surface area contributed by atoms with E-state index in [1.165, 1.54) is 19.3 Å². The second kappa shape index (κ2) is 8.43. The van der Waals surface area contributed by atoms with Crippen LogP contribution in [-0.4, -0.2) is 72.5 Å². The molecule has 0 radical (unpaired) electrons. The van der Waals surface area contributed by atoms with Gasteiger partial charge in [0.2, 0.25) is 0 Å². The van der Waals surface area contributed by atoms with Crippen molar-refractivity contribution in [1.29, 1.82) is 0 Å². The summed E-state index contributed by atoms with van der Waals surface area (Å²) in [7, 11) is 3.96. The van der Waals surface area contributed by atoms with E-state index in [2.05, 4.69) is 14.9 Å². The van der Waals surface area contributed by atoms with Gasteiger partial charge >= 0.3 is 0 Å². The molecular weight excluding hydrogens is 316 g/mol. The van der Waals surface area contributed by atoms with Crippen LogP contribution in [-0.2, 0) is 11.2 Å². The van der Waals surface area contributed by atoms with Crippen LogP contribution < -0.4 is 4.90 Å². The summed E-state index contributed by atoms with van der Waals surface area (Å²) in [5, 5.41) is 10.7. The first kappa shape index (κ1) is 18.5. The first-order chi connectivity index (χ1) is 12.0. The van der Waals surface area contributed by atoms with Crippen molar-refractivity contribution in [3.05, 3.63) is 18.1 Å². The van der Waals surface area contributed by atoms with Gasteiger partial charge in [0, 0.05) is 46.7 Å². The first-order valence-corrected chi connectivity index (χ1v) is 9.55. The van der Waals surface area contributed by atoms with Gasteiger partial charge < -0.3 is 19.6 Å². The molecule has 1 atom stereocenters. The minimum atomic E-state index is -0.550. The fourth-order valence-electron chi connectivity index (χ4n) is 3.89. The molecule has 6 heteroatoms. The van der Waals surface area contributed by atoms with Gasteiger partial charge in [-0.05, 0) is 44.7 Å². The minimum absolute atomic E-state index is 0.550. The SMILES string of the molecule is CN(C)c1cnc(CC2CCCN(CC3(O)CCOCC3)CC2)cn1. The number of aromatic nitrogens is 2. The van der Waals surface area contributed by atoms with Gasteiger partial charge in [0.05, 0.1) is 23.7 Å². The summed E-state index contributed by atoms with van der Waals surface area (Å²) in [4.78, 5) is 13.5. The number of anilines is 1. The van der Waals surface area contributed by atoms with Crippen LogP contribution in [0.1, 0.15) is 37.8 Å². The molecule has 1 aromatic rings. The van der Waals surface area contributed by atoms with Crippen LogP contribution in [0.2, 0.25) is 0 Å². The molecule has 0 amide bonds. The van der Waals surface area contributed by atoms with E-state index in [0.717, 1.165) is 50.4 Å². The van der Waals surface area contributed by atoms with Crippen molar-refractivity contribution < 1.29 is 9.84 Å². The lowest BCUT2D eigenvalue weighted by molar-refractivity contribution is -0.0795. The number of β-amino-alcohol motifs (C(OH)–C–C–N with tert-alkyl or cyclic N) is 1. The monoisotopic (exact) mass is 348 g/mol. The quantitative estimate of drug-likeness (QED) is 0.874. The van der Waals surface area contributed by atoms with Gasteiger partial charge in [0.25, 0.3) is 0 Å². The molecular formula is C19H32N4O2. The lowest BCUT2D eigenvalue weighted by Crippen LogP contribution is -2.47. The van der Waals surface area contributed by atoms with Gasteiger partial charge in [0.1, 0.15) is 5.82 Å². The highest BCUT2D eigenvalue weighted by Gasteiger charge is 2.32. The molecule has 0 saturated carbocycles. The fraction of sp³-hybridized carbons (Fsp3) is 0.789. The van der Waals surface area contributed by atoms with E-state index in [9.17, 15) is 5.11 Å². The molecule has 2 aliphatic rings. The second-order valence-corrected chi connectivity index (χ2v) is 7.87. The molecule has 6 nitrogen and oxygen atoms in total. The summed E-state index contributed by atoms with van der Waals surface area (Å²) < 4.78 is 5.39. The van der Waals surface area contributed by atoms with Crippen molar-refractivity contribution in [2.45, 2.75) is 44.1 Å². The Kier molecular flexibility index (Phi) is 6.25. The topological polar surface area (TPSA) is 61.7 Å². The summed E-state index contributed by atoms with van der Waals surface area (Å²) >= 11 is 0. The van der Waals surface area contributed by atoms with Crippen molar-refractivity contribution >= 4 is 5.82 Å². The van der Waals surface area contributed by atoms with E-state index in [1.807, 2.05) is 31.4 Å². The van der Waals surface area contributed by atoms with E-state index < -0.39 is 5.60 Å². The Morgan fingerprint density at radius 2 is 2.00 bits per heavy atom.